The smallest absolute Gasteiger partial charge is 0.120 e. The zero-order chi connectivity index (χ0) is 17.1. The molecule has 5 heteroatoms. The summed E-state index contributed by atoms with van der Waals surface area (Å²) in [5, 5.41) is 4.59. The van der Waals surface area contributed by atoms with E-state index in [1.807, 2.05) is 19.1 Å². The largest absolute Gasteiger partial charge is 0.494 e. The lowest BCUT2D eigenvalue weighted by Crippen LogP contribution is -2.43. The zero-order valence-corrected chi connectivity index (χ0v) is 15.8. The van der Waals surface area contributed by atoms with E-state index in [0.29, 0.717) is 6.61 Å². The lowest BCUT2D eigenvalue weighted by atomic mass is 10.1. The second kappa shape index (κ2) is 8.39. The normalized spacial score (nSPS) is 14.1. The van der Waals surface area contributed by atoms with Crippen LogP contribution in [0.5, 0.6) is 5.75 Å². The fourth-order valence-corrected chi connectivity index (χ4v) is 3.37. The van der Waals surface area contributed by atoms with Crippen LogP contribution in [-0.2, 0) is 0 Å². The molecule has 3 aromatic rings. The van der Waals surface area contributed by atoms with Gasteiger partial charge in [0.2, 0.25) is 0 Å². The second-order valence-corrected chi connectivity index (χ2v) is 6.24. The summed E-state index contributed by atoms with van der Waals surface area (Å²) in [4.78, 5) is 7.35. The third-order valence-electron chi connectivity index (χ3n) is 4.60. The predicted octanol–water partition coefficient (Wildman–Crippen LogP) is 4.13. The van der Waals surface area contributed by atoms with Crippen molar-refractivity contribution in [2.24, 2.45) is 0 Å². The van der Waals surface area contributed by atoms with Gasteiger partial charge >= 0.3 is 0 Å². The number of anilines is 1. The van der Waals surface area contributed by atoms with Crippen molar-refractivity contribution in [2.75, 3.05) is 37.7 Å². The molecule has 0 atom stereocenters. The van der Waals surface area contributed by atoms with Crippen molar-refractivity contribution in [1.29, 1.82) is 0 Å². The minimum absolute atomic E-state index is 0. The standard InChI is InChI=1S/C21H23N3O.ClH/c1-2-25-17-8-9-19-18(14-17)21(24-12-10-22-11-13-24)15-20(23-19)16-6-4-3-5-7-16;/h3-9,14-15,22H,2,10-13H2,1H3;1H. The molecule has 0 bridgehead atoms. The van der Waals surface area contributed by atoms with Crippen molar-refractivity contribution in [3.8, 4) is 17.0 Å². The molecule has 1 aliphatic rings. The summed E-state index contributed by atoms with van der Waals surface area (Å²) in [5.41, 5.74) is 4.42. The monoisotopic (exact) mass is 369 g/mol. The maximum atomic E-state index is 5.71. The summed E-state index contributed by atoms with van der Waals surface area (Å²) in [6.45, 7) is 6.71. The van der Waals surface area contributed by atoms with Crippen molar-refractivity contribution < 1.29 is 4.74 Å². The van der Waals surface area contributed by atoms with Gasteiger partial charge in [-0.2, -0.15) is 0 Å². The number of ether oxygens (including phenoxy) is 1. The van der Waals surface area contributed by atoms with Crippen LogP contribution in [0.25, 0.3) is 22.2 Å². The van der Waals surface area contributed by atoms with Gasteiger partial charge in [0.05, 0.1) is 17.8 Å². The zero-order valence-electron chi connectivity index (χ0n) is 14.9. The number of halogens is 1. The number of aromatic nitrogens is 1. The van der Waals surface area contributed by atoms with E-state index >= 15 is 0 Å². The third kappa shape index (κ3) is 3.76. The van der Waals surface area contributed by atoms with Crippen molar-refractivity contribution >= 4 is 29.0 Å². The number of rotatable bonds is 4. The van der Waals surface area contributed by atoms with Crippen molar-refractivity contribution in [3.05, 3.63) is 54.6 Å². The van der Waals surface area contributed by atoms with Crippen LogP contribution in [0.2, 0.25) is 0 Å². The van der Waals surface area contributed by atoms with E-state index in [4.69, 9.17) is 9.72 Å². The maximum absolute atomic E-state index is 5.71. The first-order valence-electron chi connectivity index (χ1n) is 8.94. The van der Waals surface area contributed by atoms with Gasteiger partial charge in [0.15, 0.2) is 0 Å². The van der Waals surface area contributed by atoms with Crippen LogP contribution in [-0.4, -0.2) is 37.8 Å². The molecule has 136 valence electrons. The van der Waals surface area contributed by atoms with Crippen LogP contribution < -0.4 is 15.0 Å². The molecule has 26 heavy (non-hydrogen) atoms. The second-order valence-electron chi connectivity index (χ2n) is 6.24. The topological polar surface area (TPSA) is 37.4 Å². The van der Waals surface area contributed by atoms with Crippen LogP contribution in [0.3, 0.4) is 0 Å². The first kappa shape index (κ1) is 18.5. The molecule has 0 radical (unpaired) electrons. The highest BCUT2D eigenvalue weighted by Gasteiger charge is 2.16. The first-order chi connectivity index (χ1) is 12.3. The molecule has 2 aromatic carbocycles. The Hall–Kier alpha value is -2.30. The molecule has 0 spiro atoms. The lowest BCUT2D eigenvalue weighted by Gasteiger charge is -2.30. The molecule has 1 N–H and O–H groups in total. The molecular weight excluding hydrogens is 346 g/mol. The SMILES string of the molecule is CCOc1ccc2nc(-c3ccccc3)cc(N3CCNCC3)c2c1.Cl. The number of nitrogens with one attached hydrogen (secondary N) is 1. The van der Waals surface area contributed by atoms with Gasteiger partial charge in [-0.3, -0.25) is 0 Å². The van der Waals surface area contributed by atoms with Gasteiger partial charge in [0.1, 0.15) is 5.75 Å². The number of hydrogen-bond acceptors (Lipinski definition) is 4. The lowest BCUT2D eigenvalue weighted by molar-refractivity contribution is 0.340. The first-order valence-corrected chi connectivity index (χ1v) is 8.94. The number of hydrogen-bond donors (Lipinski definition) is 1. The van der Waals surface area contributed by atoms with Crippen molar-refractivity contribution in [2.45, 2.75) is 6.92 Å². The van der Waals surface area contributed by atoms with Gasteiger partial charge in [-0.25, -0.2) is 4.98 Å². The molecule has 0 aliphatic carbocycles. The Labute approximate surface area is 160 Å². The number of benzene rings is 2. The molecule has 0 saturated carbocycles. The van der Waals surface area contributed by atoms with E-state index < -0.39 is 0 Å². The van der Waals surface area contributed by atoms with Crippen LogP contribution in [0.4, 0.5) is 5.69 Å². The van der Waals surface area contributed by atoms with E-state index in [0.717, 1.165) is 54.1 Å². The summed E-state index contributed by atoms with van der Waals surface area (Å²) < 4.78 is 5.71. The highest BCUT2D eigenvalue weighted by Crippen LogP contribution is 2.33. The van der Waals surface area contributed by atoms with Gasteiger partial charge in [-0.05, 0) is 31.2 Å². The Kier molecular flexibility index (Phi) is 5.96. The fraction of sp³-hybridized carbons (Fsp3) is 0.286. The highest BCUT2D eigenvalue weighted by atomic mass is 35.5. The molecule has 1 aliphatic heterocycles. The Morgan fingerprint density at radius 1 is 1.04 bits per heavy atom. The molecule has 0 amide bonds. The average Bonchev–Trinajstić information content (AvgIpc) is 2.69. The number of nitrogens with zero attached hydrogens (tertiary/aromatic N) is 2. The van der Waals surface area contributed by atoms with Gasteiger partial charge in [-0.15, -0.1) is 12.4 Å². The third-order valence-corrected chi connectivity index (χ3v) is 4.60. The Balaban J connectivity index is 0.00000196. The summed E-state index contributed by atoms with van der Waals surface area (Å²) in [7, 11) is 0. The molecule has 1 fully saturated rings. The van der Waals surface area contributed by atoms with Crippen LogP contribution >= 0.6 is 12.4 Å². The van der Waals surface area contributed by atoms with E-state index in [2.05, 4.69) is 52.7 Å². The Morgan fingerprint density at radius 2 is 1.81 bits per heavy atom. The number of piperazine rings is 1. The van der Waals surface area contributed by atoms with Gasteiger partial charge < -0.3 is 15.0 Å². The minimum Gasteiger partial charge on any atom is -0.494 e. The van der Waals surface area contributed by atoms with Crippen LogP contribution in [0.1, 0.15) is 6.92 Å². The maximum Gasteiger partial charge on any atom is 0.120 e. The summed E-state index contributed by atoms with van der Waals surface area (Å²) in [6.07, 6.45) is 0. The minimum atomic E-state index is 0. The predicted molar refractivity (Wildman–Crippen MR) is 111 cm³/mol. The molecule has 2 heterocycles. The Bertz CT molecular complexity index is 864. The van der Waals surface area contributed by atoms with E-state index in [1.165, 1.54) is 5.69 Å². The highest BCUT2D eigenvalue weighted by molar-refractivity contribution is 5.95. The van der Waals surface area contributed by atoms with E-state index in [9.17, 15) is 0 Å². The molecule has 1 aromatic heterocycles. The van der Waals surface area contributed by atoms with Crippen LogP contribution in [0, 0.1) is 0 Å². The summed E-state index contributed by atoms with van der Waals surface area (Å²) in [6, 6.07) is 18.8. The Morgan fingerprint density at radius 3 is 2.54 bits per heavy atom. The van der Waals surface area contributed by atoms with Gasteiger partial charge in [0, 0.05) is 42.8 Å². The molecule has 4 nitrogen and oxygen atoms in total. The van der Waals surface area contributed by atoms with Gasteiger partial charge in [0.25, 0.3) is 0 Å². The average molecular weight is 370 g/mol. The fourth-order valence-electron chi connectivity index (χ4n) is 3.37. The number of fused-ring (bicyclic) bond motifs is 1. The molecule has 0 unspecified atom stereocenters. The quantitative estimate of drug-likeness (QED) is 0.750. The van der Waals surface area contributed by atoms with Crippen LogP contribution in [0.15, 0.2) is 54.6 Å². The van der Waals surface area contributed by atoms with E-state index in [-0.39, 0.29) is 12.4 Å². The number of pyridine rings is 1. The van der Waals surface area contributed by atoms with Gasteiger partial charge in [-0.1, -0.05) is 30.3 Å². The summed E-state index contributed by atoms with van der Waals surface area (Å²) in [5.74, 6) is 0.903. The van der Waals surface area contributed by atoms with Crippen molar-refractivity contribution in [3.63, 3.8) is 0 Å². The molecular formula is C21H24ClN3O. The summed E-state index contributed by atoms with van der Waals surface area (Å²) >= 11 is 0. The molecule has 4 rings (SSSR count). The molecule has 1 saturated heterocycles. The van der Waals surface area contributed by atoms with E-state index in [1.54, 1.807) is 0 Å². The van der Waals surface area contributed by atoms with Crippen molar-refractivity contribution in [1.82, 2.24) is 10.3 Å².